The van der Waals surface area contributed by atoms with Crippen LogP contribution in [-0.2, 0) is 10.5 Å². The number of imidazole rings is 1. The minimum absolute atomic E-state index is 0.0794. The van der Waals surface area contributed by atoms with Gasteiger partial charge in [0.1, 0.15) is 11.8 Å². The van der Waals surface area contributed by atoms with Crippen molar-refractivity contribution in [2.45, 2.75) is 62.0 Å². The number of hydrogen-bond acceptors (Lipinski definition) is 5. The molecule has 7 heteroatoms. The van der Waals surface area contributed by atoms with Crippen LogP contribution in [0.25, 0.3) is 11.0 Å². The molecule has 0 aliphatic heterocycles. The third-order valence-electron chi connectivity index (χ3n) is 5.66. The fourth-order valence-electron chi connectivity index (χ4n) is 4.08. The second kappa shape index (κ2) is 9.51. The van der Waals surface area contributed by atoms with Gasteiger partial charge in [-0.1, -0.05) is 43.7 Å². The molecule has 6 nitrogen and oxygen atoms in total. The molecule has 1 fully saturated rings. The predicted octanol–water partition coefficient (Wildman–Crippen LogP) is 4.74. The van der Waals surface area contributed by atoms with Crippen molar-refractivity contribution < 1.29 is 9.53 Å². The van der Waals surface area contributed by atoms with E-state index in [0.29, 0.717) is 12.5 Å². The first kappa shape index (κ1) is 20.7. The first-order valence-corrected chi connectivity index (χ1v) is 11.6. The van der Waals surface area contributed by atoms with Crippen LogP contribution in [0.1, 0.15) is 50.6 Å². The number of nitrogens with zero attached hydrogens (tertiary/aromatic N) is 3. The molecule has 1 atom stereocenters. The fourth-order valence-corrected chi connectivity index (χ4v) is 5.09. The lowest BCUT2D eigenvalue weighted by Crippen LogP contribution is -2.38. The normalized spacial score (nSPS) is 15.4. The van der Waals surface area contributed by atoms with Gasteiger partial charge in [-0.05, 0) is 43.0 Å². The average molecular weight is 425 g/mol. The molecule has 0 saturated heterocycles. The minimum atomic E-state index is -0.299. The number of pyridine rings is 1. The lowest BCUT2D eigenvalue weighted by atomic mass is 10.1. The number of aromatic nitrogens is 3. The Labute approximate surface area is 181 Å². The molecule has 2 aromatic heterocycles. The smallest absolute Gasteiger partial charge is 0.243 e. The van der Waals surface area contributed by atoms with Crippen molar-refractivity contribution in [1.82, 2.24) is 19.9 Å². The highest BCUT2D eigenvalue weighted by Gasteiger charge is 2.27. The van der Waals surface area contributed by atoms with E-state index in [1.54, 1.807) is 25.1 Å². The Hall–Kier alpha value is -2.54. The third kappa shape index (κ3) is 4.46. The van der Waals surface area contributed by atoms with Crippen molar-refractivity contribution in [3.8, 4) is 5.75 Å². The van der Waals surface area contributed by atoms with Gasteiger partial charge in [0.25, 0.3) is 0 Å². The number of rotatable bonds is 8. The van der Waals surface area contributed by atoms with Crippen LogP contribution in [0.4, 0.5) is 0 Å². The van der Waals surface area contributed by atoms with Crippen molar-refractivity contribution >= 4 is 28.7 Å². The summed E-state index contributed by atoms with van der Waals surface area (Å²) < 4.78 is 7.40. The van der Waals surface area contributed by atoms with Gasteiger partial charge >= 0.3 is 0 Å². The van der Waals surface area contributed by atoms with Crippen LogP contribution < -0.4 is 10.1 Å². The number of hydrogen-bond donors (Lipinski definition) is 1. The molecule has 1 aliphatic rings. The van der Waals surface area contributed by atoms with E-state index in [-0.39, 0.29) is 11.9 Å². The first-order chi connectivity index (χ1) is 14.7. The van der Waals surface area contributed by atoms with Gasteiger partial charge in [-0.2, -0.15) is 0 Å². The summed E-state index contributed by atoms with van der Waals surface area (Å²) in [7, 11) is 1.67. The molecule has 158 valence electrons. The second-order valence-electron chi connectivity index (χ2n) is 7.68. The summed E-state index contributed by atoms with van der Waals surface area (Å²) in [4.78, 5) is 22.3. The number of benzene rings is 1. The van der Waals surface area contributed by atoms with Gasteiger partial charge in [0.15, 0.2) is 5.16 Å². The Morgan fingerprint density at radius 2 is 2.17 bits per heavy atom. The van der Waals surface area contributed by atoms with Crippen LogP contribution in [0.5, 0.6) is 5.75 Å². The molecule has 30 heavy (non-hydrogen) atoms. The largest absolute Gasteiger partial charge is 0.497 e. The molecule has 0 spiro atoms. The summed E-state index contributed by atoms with van der Waals surface area (Å²) in [6.07, 6.45) is 8.80. The van der Waals surface area contributed by atoms with Crippen LogP contribution in [0, 0.1) is 0 Å². The van der Waals surface area contributed by atoms with E-state index < -0.39 is 0 Å². The maximum Gasteiger partial charge on any atom is 0.243 e. The van der Waals surface area contributed by atoms with E-state index in [9.17, 15) is 4.79 Å². The topological polar surface area (TPSA) is 69.0 Å². The molecule has 0 unspecified atom stereocenters. The van der Waals surface area contributed by atoms with Crippen molar-refractivity contribution in [3.63, 3.8) is 0 Å². The number of fused-ring (bicyclic) bond motifs is 1. The summed E-state index contributed by atoms with van der Waals surface area (Å²) in [6, 6.07) is 9.95. The Bertz CT molecular complexity index is 1010. The SMILES string of the molecule is CC[C@H](C(=O)NC1CCCC1)n1c(SCc2cccc(OC)c2)nc2ccncc21. The fraction of sp³-hybridized carbons (Fsp3) is 0.435. The van der Waals surface area contributed by atoms with Gasteiger partial charge in [0.2, 0.25) is 5.91 Å². The number of carbonyl (C=O) groups is 1. The standard InChI is InChI=1S/C23H28N4O2S/c1-3-20(22(28)25-17-8-4-5-9-17)27-21-14-24-12-11-19(21)26-23(27)30-15-16-7-6-10-18(13-16)29-2/h6-7,10-14,17,20H,3-5,8-9,15H2,1-2H3,(H,25,28)/t20-/m1/s1. The molecule has 1 saturated carbocycles. The molecule has 1 aliphatic carbocycles. The molecule has 1 amide bonds. The van der Waals surface area contributed by atoms with Gasteiger partial charge in [-0.15, -0.1) is 0 Å². The van der Waals surface area contributed by atoms with Crippen LogP contribution in [0.15, 0.2) is 47.9 Å². The maximum absolute atomic E-state index is 13.2. The summed E-state index contributed by atoms with van der Waals surface area (Å²) in [6.45, 7) is 2.05. The molecular weight excluding hydrogens is 396 g/mol. The number of amides is 1. The summed E-state index contributed by atoms with van der Waals surface area (Å²) in [5.41, 5.74) is 2.92. The monoisotopic (exact) mass is 424 g/mol. The van der Waals surface area contributed by atoms with E-state index in [2.05, 4.69) is 27.9 Å². The van der Waals surface area contributed by atoms with Gasteiger partial charge in [-0.25, -0.2) is 4.98 Å². The summed E-state index contributed by atoms with van der Waals surface area (Å²) in [5, 5.41) is 4.11. The van der Waals surface area contributed by atoms with Gasteiger partial charge < -0.3 is 14.6 Å². The number of methoxy groups -OCH3 is 1. The molecule has 2 heterocycles. The minimum Gasteiger partial charge on any atom is -0.497 e. The number of thioether (sulfide) groups is 1. The Morgan fingerprint density at radius 3 is 2.93 bits per heavy atom. The molecule has 0 radical (unpaired) electrons. The second-order valence-corrected chi connectivity index (χ2v) is 8.63. The van der Waals surface area contributed by atoms with E-state index in [1.165, 1.54) is 12.8 Å². The average Bonchev–Trinajstić information content (AvgIpc) is 3.41. The zero-order valence-electron chi connectivity index (χ0n) is 17.5. The Balaban J connectivity index is 1.62. The van der Waals surface area contributed by atoms with Crippen molar-refractivity contribution in [3.05, 3.63) is 48.3 Å². The predicted molar refractivity (Wildman–Crippen MR) is 120 cm³/mol. The van der Waals surface area contributed by atoms with Crippen LogP contribution in [-0.4, -0.2) is 33.6 Å². The molecule has 4 rings (SSSR count). The summed E-state index contributed by atoms with van der Waals surface area (Å²) in [5.74, 6) is 1.67. The van der Waals surface area contributed by atoms with Crippen molar-refractivity contribution in [2.75, 3.05) is 7.11 Å². The number of nitrogens with one attached hydrogen (secondary N) is 1. The Morgan fingerprint density at radius 1 is 1.33 bits per heavy atom. The maximum atomic E-state index is 13.2. The van der Waals surface area contributed by atoms with E-state index in [0.717, 1.165) is 46.1 Å². The van der Waals surface area contributed by atoms with E-state index in [4.69, 9.17) is 9.72 Å². The molecule has 3 aromatic rings. The van der Waals surface area contributed by atoms with Crippen LogP contribution in [0.2, 0.25) is 0 Å². The molecule has 0 bridgehead atoms. The molecule has 1 aromatic carbocycles. The number of carbonyl (C=O) groups excluding carboxylic acids is 1. The molecule has 1 N–H and O–H groups in total. The van der Waals surface area contributed by atoms with Crippen LogP contribution in [0.3, 0.4) is 0 Å². The molecular formula is C23H28N4O2S. The first-order valence-electron chi connectivity index (χ1n) is 10.6. The summed E-state index contributed by atoms with van der Waals surface area (Å²) >= 11 is 1.64. The van der Waals surface area contributed by atoms with Gasteiger partial charge in [0.05, 0.1) is 24.3 Å². The van der Waals surface area contributed by atoms with Crippen LogP contribution >= 0.6 is 11.8 Å². The van der Waals surface area contributed by atoms with Gasteiger partial charge in [-0.3, -0.25) is 9.78 Å². The lowest BCUT2D eigenvalue weighted by molar-refractivity contribution is -0.125. The zero-order valence-corrected chi connectivity index (χ0v) is 18.3. The van der Waals surface area contributed by atoms with Gasteiger partial charge in [0, 0.05) is 18.0 Å². The lowest BCUT2D eigenvalue weighted by Gasteiger charge is -2.22. The highest BCUT2D eigenvalue weighted by atomic mass is 32.2. The quantitative estimate of drug-likeness (QED) is 0.529. The Kier molecular flexibility index (Phi) is 6.57. The van der Waals surface area contributed by atoms with Crippen molar-refractivity contribution in [2.24, 2.45) is 0 Å². The van der Waals surface area contributed by atoms with Crippen molar-refractivity contribution in [1.29, 1.82) is 0 Å². The highest BCUT2D eigenvalue weighted by Crippen LogP contribution is 2.32. The van der Waals surface area contributed by atoms with E-state index >= 15 is 0 Å². The highest BCUT2D eigenvalue weighted by molar-refractivity contribution is 7.98. The van der Waals surface area contributed by atoms with E-state index in [1.807, 2.05) is 30.5 Å². The zero-order chi connectivity index (χ0) is 20.9. The third-order valence-corrected chi connectivity index (χ3v) is 6.69. The number of ether oxygens (including phenoxy) is 1.